The topological polar surface area (TPSA) is 29.3 Å². The molecule has 1 saturated heterocycles. The Morgan fingerprint density at radius 2 is 1.38 bits per heavy atom. The maximum atomic E-state index is 5.29. The van der Waals surface area contributed by atoms with Crippen LogP contribution in [0.5, 0.6) is 0 Å². The smallest absolute Gasteiger partial charge is 0.141 e. The average Bonchev–Trinajstić information content (AvgIpc) is 3.32. The molecule has 1 aliphatic rings. The molecular weight excluding hydrogens is 320 g/mol. The van der Waals surface area contributed by atoms with Gasteiger partial charge in [0.25, 0.3) is 0 Å². The molecule has 0 saturated carbocycles. The third kappa shape index (κ3) is 3.19. The van der Waals surface area contributed by atoms with E-state index in [2.05, 4.69) is 65.5 Å². The Morgan fingerprint density at radius 3 is 1.92 bits per heavy atom. The molecule has 0 amide bonds. The van der Waals surface area contributed by atoms with Crippen LogP contribution in [0.25, 0.3) is 22.3 Å². The third-order valence-corrected chi connectivity index (χ3v) is 5.62. The lowest BCUT2D eigenvalue weighted by atomic mass is 9.98. The zero-order valence-corrected chi connectivity index (χ0v) is 15.8. The van der Waals surface area contributed by atoms with Gasteiger partial charge < -0.3 is 4.52 Å². The van der Waals surface area contributed by atoms with Gasteiger partial charge in [-0.2, -0.15) is 0 Å². The molecule has 1 aromatic heterocycles. The van der Waals surface area contributed by atoms with Crippen LogP contribution in [0.4, 0.5) is 0 Å². The Labute approximate surface area is 155 Å². The number of hydrogen-bond acceptors (Lipinski definition) is 3. The minimum absolute atomic E-state index is 0.508. The number of nitrogens with zero attached hydrogens (tertiary/aromatic N) is 2. The van der Waals surface area contributed by atoms with Crippen molar-refractivity contribution >= 4 is 0 Å². The molecule has 1 unspecified atom stereocenters. The Balaban J connectivity index is 1.54. The minimum atomic E-state index is 0.508. The van der Waals surface area contributed by atoms with Gasteiger partial charge in [-0.15, -0.1) is 0 Å². The summed E-state index contributed by atoms with van der Waals surface area (Å²) in [6.45, 7) is 8.72. The predicted molar refractivity (Wildman–Crippen MR) is 106 cm³/mol. The molecular formula is C23H26N2O. The van der Waals surface area contributed by atoms with Crippen LogP contribution in [0.2, 0.25) is 0 Å². The van der Waals surface area contributed by atoms with Crippen LogP contribution < -0.4 is 0 Å². The molecule has 0 aliphatic carbocycles. The lowest BCUT2D eigenvalue weighted by molar-refractivity contribution is 0.263. The second kappa shape index (κ2) is 7.08. The number of aryl methyl sites for hydroxylation is 2. The molecule has 1 atom stereocenters. The Kier molecular flexibility index (Phi) is 4.64. The Hall–Kier alpha value is -2.39. The van der Waals surface area contributed by atoms with Gasteiger partial charge in [0.05, 0.1) is 5.69 Å². The van der Waals surface area contributed by atoms with Crippen molar-refractivity contribution in [2.45, 2.75) is 39.7 Å². The van der Waals surface area contributed by atoms with Gasteiger partial charge >= 0.3 is 0 Å². The van der Waals surface area contributed by atoms with E-state index >= 15 is 0 Å². The highest BCUT2D eigenvalue weighted by atomic mass is 16.5. The van der Waals surface area contributed by atoms with Crippen LogP contribution in [-0.4, -0.2) is 23.1 Å². The van der Waals surface area contributed by atoms with Crippen molar-refractivity contribution in [1.29, 1.82) is 0 Å². The van der Waals surface area contributed by atoms with Gasteiger partial charge in [0.2, 0.25) is 0 Å². The summed E-state index contributed by atoms with van der Waals surface area (Å²) in [4.78, 5) is 2.58. The summed E-state index contributed by atoms with van der Waals surface area (Å²) in [5, 5.41) is 4.05. The Morgan fingerprint density at radius 1 is 0.846 bits per heavy atom. The van der Waals surface area contributed by atoms with Crippen LogP contribution in [0.1, 0.15) is 42.8 Å². The molecule has 1 aliphatic heterocycles. The fraction of sp³-hybridized carbons (Fsp3) is 0.348. The number of likely N-dealkylation sites (tertiary alicyclic amines) is 1. The molecule has 4 rings (SSSR count). The maximum Gasteiger partial charge on any atom is 0.141 e. The van der Waals surface area contributed by atoms with E-state index in [0.29, 0.717) is 6.04 Å². The second-order valence-electron chi connectivity index (χ2n) is 7.32. The van der Waals surface area contributed by atoms with Crippen LogP contribution in [-0.2, 0) is 0 Å². The second-order valence-corrected chi connectivity index (χ2v) is 7.32. The van der Waals surface area contributed by atoms with Gasteiger partial charge in [-0.1, -0.05) is 53.7 Å². The first-order chi connectivity index (χ1) is 12.6. The standard InChI is InChI=1S/C23H26N2O/c1-16-23(18(3)26-24-16)22-12-10-21(11-13-22)20-8-6-19(7-9-20)17(2)25-14-4-5-15-25/h6-13,17H,4-5,14-15H2,1-3H3. The van der Waals surface area contributed by atoms with E-state index in [0.717, 1.165) is 22.6 Å². The fourth-order valence-electron chi connectivity index (χ4n) is 4.02. The van der Waals surface area contributed by atoms with E-state index < -0.39 is 0 Å². The van der Waals surface area contributed by atoms with E-state index in [9.17, 15) is 0 Å². The SMILES string of the molecule is Cc1noc(C)c1-c1ccc(-c2ccc(C(C)N3CCCC3)cc2)cc1. The highest BCUT2D eigenvalue weighted by molar-refractivity contribution is 5.72. The van der Waals surface area contributed by atoms with Crippen molar-refractivity contribution in [3.8, 4) is 22.3 Å². The molecule has 0 bridgehead atoms. The molecule has 26 heavy (non-hydrogen) atoms. The van der Waals surface area contributed by atoms with Gasteiger partial charge in [-0.05, 0) is 69.0 Å². The number of benzene rings is 2. The van der Waals surface area contributed by atoms with E-state index in [4.69, 9.17) is 4.52 Å². The van der Waals surface area contributed by atoms with Crippen molar-refractivity contribution in [3.63, 3.8) is 0 Å². The number of rotatable bonds is 4. The summed E-state index contributed by atoms with van der Waals surface area (Å²) in [5.74, 6) is 0.871. The zero-order valence-electron chi connectivity index (χ0n) is 15.8. The summed E-state index contributed by atoms with van der Waals surface area (Å²) in [6.07, 6.45) is 2.67. The monoisotopic (exact) mass is 346 g/mol. The lowest BCUT2D eigenvalue weighted by Crippen LogP contribution is -2.23. The van der Waals surface area contributed by atoms with E-state index in [1.54, 1.807) is 0 Å². The van der Waals surface area contributed by atoms with Gasteiger partial charge in [0.15, 0.2) is 0 Å². The highest BCUT2D eigenvalue weighted by Gasteiger charge is 2.19. The van der Waals surface area contributed by atoms with Crippen molar-refractivity contribution in [1.82, 2.24) is 10.1 Å². The number of aromatic nitrogens is 1. The van der Waals surface area contributed by atoms with Crippen molar-refractivity contribution in [2.75, 3.05) is 13.1 Å². The summed E-state index contributed by atoms with van der Waals surface area (Å²) in [5.41, 5.74) is 7.10. The Bertz CT molecular complexity index is 852. The van der Waals surface area contributed by atoms with E-state index in [1.807, 2.05) is 13.8 Å². The quantitative estimate of drug-likeness (QED) is 0.599. The molecule has 0 spiro atoms. The molecule has 0 N–H and O–H groups in total. The molecule has 2 heterocycles. The van der Waals surface area contributed by atoms with Crippen molar-refractivity contribution in [2.24, 2.45) is 0 Å². The summed E-state index contributed by atoms with van der Waals surface area (Å²) in [7, 11) is 0. The largest absolute Gasteiger partial charge is 0.361 e. The number of hydrogen-bond donors (Lipinski definition) is 0. The van der Waals surface area contributed by atoms with Crippen LogP contribution in [0.15, 0.2) is 53.1 Å². The summed E-state index contributed by atoms with van der Waals surface area (Å²) < 4.78 is 5.29. The van der Waals surface area contributed by atoms with Crippen LogP contribution >= 0.6 is 0 Å². The third-order valence-electron chi connectivity index (χ3n) is 5.62. The molecule has 1 fully saturated rings. The predicted octanol–water partition coefficient (Wildman–Crippen LogP) is 5.78. The van der Waals surface area contributed by atoms with Crippen LogP contribution in [0, 0.1) is 13.8 Å². The van der Waals surface area contributed by atoms with Gasteiger partial charge in [0.1, 0.15) is 5.76 Å². The molecule has 2 aromatic carbocycles. The molecule has 3 nitrogen and oxygen atoms in total. The molecule has 3 aromatic rings. The summed E-state index contributed by atoms with van der Waals surface area (Å²) in [6, 6.07) is 18.2. The first-order valence-corrected chi connectivity index (χ1v) is 9.51. The van der Waals surface area contributed by atoms with E-state index in [-0.39, 0.29) is 0 Å². The van der Waals surface area contributed by atoms with Crippen molar-refractivity contribution in [3.05, 3.63) is 65.5 Å². The first kappa shape index (κ1) is 17.0. The fourth-order valence-corrected chi connectivity index (χ4v) is 4.02. The van der Waals surface area contributed by atoms with Crippen molar-refractivity contribution < 1.29 is 4.52 Å². The van der Waals surface area contributed by atoms with Crippen LogP contribution in [0.3, 0.4) is 0 Å². The lowest BCUT2D eigenvalue weighted by Gasteiger charge is -2.24. The average molecular weight is 346 g/mol. The van der Waals surface area contributed by atoms with E-state index in [1.165, 1.54) is 42.6 Å². The van der Waals surface area contributed by atoms with Gasteiger partial charge in [-0.25, -0.2) is 0 Å². The van der Waals surface area contributed by atoms with Gasteiger partial charge in [-0.3, -0.25) is 4.90 Å². The molecule has 134 valence electrons. The zero-order chi connectivity index (χ0) is 18.1. The maximum absolute atomic E-state index is 5.29. The molecule has 0 radical (unpaired) electrons. The molecule has 3 heteroatoms. The summed E-state index contributed by atoms with van der Waals surface area (Å²) >= 11 is 0. The van der Waals surface area contributed by atoms with Gasteiger partial charge in [0, 0.05) is 11.6 Å². The highest BCUT2D eigenvalue weighted by Crippen LogP contribution is 2.30. The minimum Gasteiger partial charge on any atom is -0.361 e. The first-order valence-electron chi connectivity index (χ1n) is 9.51. The normalized spacial score (nSPS) is 16.1.